The molecule has 0 saturated heterocycles. The fourth-order valence-corrected chi connectivity index (χ4v) is 3.15. The smallest absolute Gasteiger partial charge is 0.238 e. The van der Waals surface area contributed by atoms with E-state index < -0.39 is 24.2 Å². The van der Waals surface area contributed by atoms with Gasteiger partial charge in [0.05, 0.1) is 6.42 Å². The Morgan fingerprint density at radius 1 is 1.07 bits per heavy atom. The van der Waals surface area contributed by atoms with Crippen molar-refractivity contribution in [1.82, 2.24) is 4.98 Å². The summed E-state index contributed by atoms with van der Waals surface area (Å²) >= 11 is 6.09. The van der Waals surface area contributed by atoms with E-state index in [2.05, 4.69) is 15.2 Å². The van der Waals surface area contributed by atoms with E-state index in [-0.39, 0.29) is 0 Å². The number of halogens is 1. The van der Waals surface area contributed by atoms with Gasteiger partial charge < -0.3 is 4.98 Å². The number of rotatable bonds is 8. The number of fused-ring (bicyclic) bond motifs is 1. The number of hydrogen-bond donors (Lipinski definition) is 3. The second-order valence-electron chi connectivity index (χ2n) is 6.03. The Balaban J connectivity index is 2.03. The van der Waals surface area contributed by atoms with E-state index in [1.54, 1.807) is 18.2 Å². The monoisotopic (exact) mass is 381 g/mol. The highest BCUT2D eigenvalue weighted by molar-refractivity contribution is 6.31. The number of Topliss-reactive ketones (excluding diaryl/α,β-unsaturated/α-hetero) is 2. The van der Waals surface area contributed by atoms with Crippen molar-refractivity contribution in [2.75, 3.05) is 0 Å². The van der Waals surface area contributed by atoms with Crippen LogP contribution >= 0.6 is 11.6 Å². The molecule has 7 nitrogen and oxygen atoms in total. The van der Waals surface area contributed by atoms with E-state index in [1.165, 1.54) is 0 Å². The minimum atomic E-state index is -1.47. The van der Waals surface area contributed by atoms with Crippen molar-refractivity contribution in [1.29, 1.82) is 11.1 Å². The predicted molar refractivity (Wildman–Crippen MR) is 101 cm³/mol. The van der Waals surface area contributed by atoms with Crippen LogP contribution in [0.15, 0.2) is 58.8 Å². The number of nitrogens with zero attached hydrogens (tertiary/aromatic N) is 2. The zero-order valence-electron chi connectivity index (χ0n) is 14.2. The van der Waals surface area contributed by atoms with E-state index in [0.717, 1.165) is 11.1 Å². The Bertz CT molecular complexity index is 1020. The first-order valence-corrected chi connectivity index (χ1v) is 8.54. The second-order valence-corrected chi connectivity index (χ2v) is 6.47. The largest absolute Gasteiger partial charge is 0.357 e. The van der Waals surface area contributed by atoms with Crippen LogP contribution in [0, 0.1) is 11.1 Å². The Hall–Kier alpha value is -3.19. The molecule has 0 unspecified atom stereocenters. The maximum atomic E-state index is 12.9. The summed E-state index contributed by atoms with van der Waals surface area (Å²) in [6.07, 6.45) is -1.48. The van der Waals surface area contributed by atoms with Crippen LogP contribution in [0.2, 0.25) is 5.02 Å². The molecule has 0 atom stereocenters. The minimum Gasteiger partial charge on any atom is -0.357 e. The fourth-order valence-electron chi connectivity index (χ4n) is 2.98. The molecule has 1 heterocycles. The average molecular weight is 382 g/mol. The van der Waals surface area contributed by atoms with Crippen molar-refractivity contribution in [3.63, 3.8) is 0 Å². The molecule has 0 aliphatic carbocycles. The van der Waals surface area contributed by atoms with Gasteiger partial charge in [0.2, 0.25) is 6.17 Å². The lowest BCUT2D eigenvalue weighted by Crippen LogP contribution is -2.19. The molecule has 2 aromatic carbocycles. The number of aromatic nitrogens is 1. The van der Waals surface area contributed by atoms with Crippen LogP contribution in [0.3, 0.4) is 0 Å². The number of nitrogens with one attached hydrogen (secondary N) is 3. The van der Waals surface area contributed by atoms with E-state index in [0.29, 0.717) is 28.1 Å². The van der Waals surface area contributed by atoms with Gasteiger partial charge in [0.15, 0.2) is 11.6 Å². The molecule has 0 radical (unpaired) electrons. The number of carbonyl (C=O) groups is 2. The number of aromatic amines is 1. The van der Waals surface area contributed by atoms with E-state index in [4.69, 9.17) is 22.7 Å². The number of ketones is 2. The maximum Gasteiger partial charge on any atom is 0.238 e. The van der Waals surface area contributed by atoms with E-state index >= 15 is 0 Å². The molecule has 0 saturated carbocycles. The fraction of sp³-hybridized carbons (Fsp3) is 0.158. The molecule has 3 rings (SSSR count). The Labute approximate surface area is 159 Å². The van der Waals surface area contributed by atoms with Crippen LogP contribution in [-0.2, 0) is 11.2 Å². The van der Waals surface area contributed by atoms with Gasteiger partial charge in [-0.15, -0.1) is 0 Å². The molecular weight excluding hydrogens is 366 g/mol. The summed E-state index contributed by atoms with van der Waals surface area (Å²) in [7, 11) is 0. The van der Waals surface area contributed by atoms with Gasteiger partial charge in [-0.2, -0.15) is 10.2 Å². The van der Waals surface area contributed by atoms with Crippen molar-refractivity contribution in [3.8, 4) is 0 Å². The van der Waals surface area contributed by atoms with Crippen LogP contribution in [-0.4, -0.2) is 22.7 Å². The second kappa shape index (κ2) is 8.01. The molecule has 0 aliphatic heterocycles. The topological polar surface area (TPSA) is 122 Å². The Morgan fingerprint density at radius 3 is 2.44 bits per heavy atom. The highest BCUT2D eigenvalue weighted by Gasteiger charge is 2.25. The Morgan fingerprint density at radius 2 is 1.78 bits per heavy atom. The first-order valence-electron chi connectivity index (χ1n) is 8.16. The highest BCUT2D eigenvalue weighted by Crippen LogP contribution is 2.28. The zero-order valence-corrected chi connectivity index (χ0v) is 15.0. The number of carbonyl (C=O) groups excluding carboxylic acids is 2. The SMILES string of the molecule is N=NC(N=N)C(=O)CC(=O)c1c(Cc2ccccc2)[nH]c2ccc(Cl)cc12. The van der Waals surface area contributed by atoms with Gasteiger partial charge >= 0.3 is 0 Å². The van der Waals surface area contributed by atoms with Crippen LogP contribution < -0.4 is 0 Å². The van der Waals surface area contributed by atoms with Gasteiger partial charge in [0.1, 0.15) is 0 Å². The summed E-state index contributed by atoms with van der Waals surface area (Å²) in [6, 6.07) is 14.8. The van der Waals surface area contributed by atoms with E-state index in [9.17, 15) is 9.59 Å². The molecule has 1 aromatic heterocycles. The van der Waals surface area contributed by atoms with Crippen LogP contribution in [0.5, 0.6) is 0 Å². The van der Waals surface area contributed by atoms with Gasteiger partial charge in [-0.05, 0) is 23.8 Å². The number of hydrogen-bond acceptors (Lipinski definition) is 6. The van der Waals surface area contributed by atoms with Crippen LogP contribution in [0.4, 0.5) is 0 Å². The molecule has 8 heteroatoms. The molecule has 3 N–H and O–H groups in total. The summed E-state index contributed by atoms with van der Waals surface area (Å²) in [6.45, 7) is 0. The number of H-pyrrole nitrogens is 1. The molecule has 0 amide bonds. The quantitative estimate of drug-likeness (QED) is 0.290. The highest BCUT2D eigenvalue weighted by atomic mass is 35.5. The lowest BCUT2D eigenvalue weighted by atomic mass is 9.98. The van der Waals surface area contributed by atoms with Crippen molar-refractivity contribution < 1.29 is 9.59 Å². The summed E-state index contributed by atoms with van der Waals surface area (Å²) in [4.78, 5) is 28.2. The van der Waals surface area contributed by atoms with Crippen molar-refractivity contribution in [2.24, 2.45) is 10.2 Å². The lowest BCUT2D eigenvalue weighted by molar-refractivity contribution is -0.119. The first-order chi connectivity index (χ1) is 13.0. The third kappa shape index (κ3) is 3.98. The third-order valence-corrected chi connectivity index (χ3v) is 4.44. The van der Waals surface area contributed by atoms with Crippen molar-refractivity contribution >= 4 is 34.1 Å². The zero-order chi connectivity index (χ0) is 19.4. The first kappa shape index (κ1) is 18.6. The molecule has 0 bridgehead atoms. The predicted octanol–water partition coefficient (Wildman–Crippen LogP) is 4.94. The summed E-state index contributed by atoms with van der Waals surface area (Å²) in [5.74, 6) is -1.11. The van der Waals surface area contributed by atoms with Gasteiger partial charge in [0.25, 0.3) is 0 Å². The van der Waals surface area contributed by atoms with Gasteiger partial charge in [-0.25, -0.2) is 11.1 Å². The summed E-state index contributed by atoms with van der Waals surface area (Å²) in [5.41, 5.74) is 16.6. The molecular formula is C19H16ClN5O2. The van der Waals surface area contributed by atoms with Crippen molar-refractivity contribution in [3.05, 3.63) is 70.4 Å². The Kier molecular flexibility index (Phi) is 5.52. The van der Waals surface area contributed by atoms with Gasteiger partial charge in [-0.3, -0.25) is 9.59 Å². The van der Waals surface area contributed by atoms with Crippen molar-refractivity contribution in [2.45, 2.75) is 19.0 Å². The summed E-state index contributed by atoms with van der Waals surface area (Å²) in [5, 5.41) is 7.06. The number of benzene rings is 2. The van der Waals surface area contributed by atoms with Gasteiger partial charge in [0, 0.05) is 33.6 Å². The molecule has 136 valence electrons. The lowest BCUT2D eigenvalue weighted by Gasteiger charge is -2.06. The maximum absolute atomic E-state index is 12.9. The molecule has 0 aliphatic rings. The third-order valence-electron chi connectivity index (χ3n) is 4.21. The molecule has 0 spiro atoms. The van der Waals surface area contributed by atoms with Gasteiger partial charge in [-0.1, -0.05) is 41.9 Å². The standard InChI is InChI=1S/C19H16ClN5O2/c20-12-6-7-14-13(9-12)18(16(26)10-17(27)19(24-21)25-22)15(23-14)8-11-4-2-1-3-5-11/h1-7,9,19,21-23H,8,10H2. The van der Waals surface area contributed by atoms with Crippen LogP contribution in [0.25, 0.3) is 10.9 Å². The summed E-state index contributed by atoms with van der Waals surface area (Å²) < 4.78 is 0. The normalized spacial score (nSPS) is 11.9. The van der Waals surface area contributed by atoms with E-state index in [1.807, 2.05) is 30.3 Å². The average Bonchev–Trinajstić information content (AvgIpc) is 3.00. The van der Waals surface area contributed by atoms with Crippen LogP contribution in [0.1, 0.15) is 28.0 Å². The molecule has 27 heavy (non-hydrogen) atoms. The molecule has 0 fully saturated rings. The molecule has 3 aromatic rings. The minimum absolute atomic E-state index is 0.387.